The van der Waals surface area contributed by atoms with Gasteiger partial charge in [-0.15, -0.1) is 0 Å². The van der Waals surface area contributed by atoms with Gasteiger partial charge in [0, 0.05) is 12.0 Å². The molecule has 0 saturated heterocycles. The second-order valence-corrected chi connectivity index (χ2v) is 7.63. The van der Waals surface area contributed by atoms with E-state index < -0.39 is 10.0 Å². The average Bonchev–Trinajstić information content (AvgIpc) is 3.22. The predicted octanol–water partition coefficient (Wildman–Crippen LogP) is 2.24. The van der Waals surface area contributed by atoms with Gasteiger partial charge >= 0.3 is 0 Å². The number of nitrogens with one attached hydrogen (secondary N) is 2. The Kier molecular flexibility index (Phi) is 6.21. The molecule has 118 valence electrons. The zero-order valence-electron chi connectivity index (χ0n) is 12.7. The van der Waals surface area contributed by atoms with E-state index >= 15 is 0 Å². The molecule has 1 aromatic rings. The van der Waals surface area contributed by atoms with Crippen molar-refractivity contribution >= 4 is 10.0 Å². The predicted molar refractivity (Wildman–Crippen MR) is 86.9 cm³/mol. The van der Waals surface area contributed by atoms with Gasteiger partial charge in [-0.25, -0.2) is 13.1 Å². The van der Waals surface area contributed by atoms with Crippen molar-refractivity contribution in [2.24, 2.45) is 0 Å². The Labute approximate surface area is 128 Å². The summed E-state index contributed by atoms with van der Waals surface area (Å²) in [6.07, 6.45) is 3.66. The molecule has 2 N–H and O–H groups in total. The number of benzene rings is 1. The monoisotopic (exact) mass is 310 g/mol. The summed E-state index contributed by atoms with van der Waals surface area (Å²) in [5.74, 6) is 0.589. The zero-order chi connectivity index (χ0) is 15.1. The van der Waals surface area contributed by atoms with Gasteiger partial charge in [0.15, 0.2) is 0 Å². The molecule has 4 nitrogen and oxygen atoms in total. The minimum Gasteiger partial charge on any atom is -0.317 e. The highest BCUT2D eigenvalue weighted by molar-refractivity contribution is 7.89. The van der Waals surface area contributed by atoms with Crippen LogP contribution in [0.25, 0.3) is 0 Å². The first-order chi connectivity index (χ1) is 10.1. The highest BCUT2D eigenvalue weighted by atomic mass is 32.2. The molecule has 5 heteroatoms. The highest BCUT2D eigenvalue weighted by Gasteiger charge is 2.40. The summed E-state index contributed by atoms with van der Waals surface area (Å²) in [6, 6.07) is 10.2. The lowest BCUT2D eigenvalue weighted by atomic mass is 10.1. The Balaban J connectivity index is 1.66. The molecular weight excluding hydrogens is 284 g/mol. The molecule has 0 heterocycles. The normalized spacial score (nSPS) is 21.4. The molecule has 1 fully saturated rings. The molecule has 2 unspecified atom stereocenters. The Bertz CT molecular complexity index is 516. The van der Waals surface area contributed by atoms with Crippen LogP contribution >= 0.6 is 0 Å². The molecule has 1 aliphatic rings. The van der Waals surface area contributed by atoms with Crippen molar-refractivity contribution in [1.82, 2.24) is 10.0 Å². The smallest absolute Gasteiger partial charge is 0.211 e. The van der Waals surface area contributed by atoms with E-state index in [9.17, 15) is 8.42 Å². The molecular formula is C16H26N2O2S. The molecule has 0 bridgehead atoms. The Hall–Kier alpha value is -0.910. The molecule has 1 aliphatic carbocycles. The van der Waals surface area contributed by atoms with Crippen molar-refractivity contribution in [2.75, 3.05) is 18.8 Å². The number of rotatable bonds is 10. The quantitative estimate of drug-likeness (QED) is 0.652. The van der Waals surface area contributed by atoms with Crippen molar-refractivity contribution in [3.8, 4) is 0 Å². The third-order valence-corrected chi connectivity index (χ3v) is 5.28. The third-order valence-electron chi connectivity index (χ3n) is 3.79. The van der Waals surface area contributed by atoms with E-state index in [1.54, 1.807) is 0 Å². The summed E-state index contributed by atoms with van der Waals surface area (Å²) in [6.45, 7) is 4.03. The first-order valence-corrected chi connectivity index (χ1v) is 9.53. The van der Waals surface area contributed by atoms with Crippen molar-refractivity contribution in [1.29, 1.82) is 0 Å². The summed E-state index contributed by atoms with van der Waals surface area (Å²) < 4.78 is 26.9. The molecule has 21 heavy (non-hydrogen) atoms. The van der Waals surface area contributed by atoms with E-state index in [0.717, 1.165) is 38.8 Å². The molecule has 2 atom stereocenters. The number of hydrogen-bond donors (Lipinski definition) is 2. The second-order valence-electron chi connectivity index (χ2n) is 5.75. The van der Waals surface area contributed by atoms with E-state index in [4.69, 9.17) is 0 Å². The van der Waals surface area contributed by atoms with Gasteiger partial charge in [0.05, 0.1) is 5.75 Å². The van der Waals surface area contributed by atoms with Crippen LogP contribution < -0.4 is 10.0 Å². The first kappa shape index (κ1) is 16.5. The van der Waals surface area contributed by atoms with Gasteiger partial charge in [-0.05, 0) is 44.3 Å². The molecule has 0 aromatic heterocycles. The lowest BCUT2D eigenvalue weighted by molar-refractivity contribution is 0.571. The van der Waals surface area contributed by atoms with Gasteiger partial charge in [0.2, 0.25) is 10.0 Å². The molecule has 0 spiro atoms. The van der Waals surface area contributed by atoms with Crippen LogP contribution in [0.5, 0.6) is 0 Å². The maximum absolute atomic E-state index is 12.0. The summed E-state index contributed by atoms with van der Waals surface area (Å²) >= 11 is 0. The average molecular weight is 310 g/mol. The van der Waals surface area contributed by atoms with Crippen LogP contribution in [0, 0.1) is 0 Å². The minimum atomic E-state index is -3.13. The van der Waals surface area contributed by atoms with E-state index in [2.05, 4.69) is 29.1 Å². The SMILES string of the molecule is CCCNCCCCS(=O)(=O)NC1CC1c1ccccc1. The van der Waals surface area contributed by atoms with Crippen molar-refractivity contribution in [3.63, 3.8) is 0 Å². The maximum atomic E-state index is 12.0. The van der Waals surface area contributed by atoms with Crippen LogP contribution in [-0.2, 0) is 10.0 Å². The van der Waals surface area contributed by atoms with Gasteiger partial charge in [0.1, 0.15) is 0 Å². The van der Waals surface area contributed by atoms with Gasteiger partial charge < -0.3 is 5.32 Å². The van der Waals surface area contributed by atoms with Crippen molar-refractivity contribution < 1.29 is 8.42 Å². The van der Waals surface area contributed by atoms with Gasteiger partial charge in [-0.2, -0.15) is 0 Å². The van der Waals surface area contributed by atoms with Crippen LogP contribution in [0.4, 0.5) is 0 Å². The van der Waals surface area contributed by atoms with E-state index in [-0.39, 0.29) is 11.8 Å². The van der Waals surface area contributed by atoms with Gasteiger partial charge in [0.25, 0.3) is 0 Å². The van der Waals surface area contributed by atoms with Crippen LogP contribution in [-0.4, -0.2) is 33.3 Å². The topological polar surface area (TPSA) is 58.2 Å². The standard InChI is InChI=1S/C16H26N2O2S/c1-2-10-17-11-6-7-12-21(19,20)18-16-13-15(16)14-8-4-3-5-9-14/h3-5,8-9,15-18H,2,6-7,10-13H2,1H3. The third kappa shape index (κ3) is 5.77. The van der Waals surface area contributed by atoms with Gasteiger partial charge in [-0.1, -0.05) is 37.3 Å². The lowest BCUT2D eigenvalue weighted by Gasteiger charge is -2.07. The van der Waals surface area contributed by atoms with E-state index in [1.807, 2.05) is 18.2 Å². The van der Waals surface area contributed by atoms with Crippen LogP contribution in [0.2, 0.25) is 0 Å². The highest BCUT2D eigenvalue weighted by Crippen LogP contribution is 2.40. The van der Waals surface area contributed by atoms with E-state index in [1.165, 1.54) is 5.56 Å². The first-order valence-electron chi connectivity index (χ1n) is 7.88. The zero-order valence-corrected chi connectivity index (χ0v) is 13.5. The summed E-state index contributed by atoms with van der Waals surface area (Å²) in [5.41, 5.74) is 1.23. The Morgan fingerprint density at radius 3 is 2.62 bits per heavy atom. The fourth-order valence-electron chi connectivity index (χ4n) is 2.53. The van der Waals surface area contributed by atoms with Crippen LogP contribution in [0.15, 0.2) is 30.3 Å². The number of sulfonamides is 1. The number of unbranched alkanes of at least 4 members (excludes halogenated alkanes) is 1. The van der Waals surface area contributed by atoms with E-state index in [0.29, 0.717) is 5.92 Å². The largest absolute Gasteiger partial charge is 0.317 e. The Morgan fingerprint density at radius 1 is 1.14 bits per heavy atom. The molecule has 0 amide bonds. The number of hydrogen-bond acceptors (Lipinski definition) is 3. The summed E-state index contributed by atoms with van der Waals surface area (Å²) in [5, 5.41) is 3.29. The summed E-state index contributed by atoms with van der Waals surface area (Å²) in [7, 11) is -3.13. The van der Waals surface area contributed by atoms with Gasteiger partial charge in [-0.3, -0.25) is 0 Å². The molecule has 1 aromatic carbocycles. The van der Waals surface area contributed by atoms with Crippen molar-refractivity contribution in [3.05, 3.63) is 35.9 Å². The summed E-state index contributed by atoms with van der Waals surface area (Å²) in [4.78, 5) is 0. The molecule has 2 rings (SSSR count). The van der Waals surface area contributed by atoms with Crippen LogP contribution in [0.3, 0.4) is 0 Å². The molecule has 0 radical (unpaired) electrons. The molecule has 1 saturated carbocycles. The van der Waals surface area contributed by atoms with Crippen LogP contribution in [0.1, 0.15) is 44.1 Å². The lowest BCUT2D eigenvalue weighted by Crippen LogP contribution is -2.29. The fourth-order valence-corrected chi connectivity index (χ4v) is 3.95. The minimum absolute atomic E-state index is 0.0932. The second kappa shape index (κ2) is 7.92. The maximum Gasteiger partial charge on any atom is 0.211 e. The molecule has 0 aliphatic heterocycles. The van der Waals surface area contributed by atoms with Crippen molar-refractivity contribution in [2.45, 2.75) is 44.6 Å². The fraction of sp³-hybridized carbons (Fsp3) is 0.625. The Morgan fingerprint density at radius 2 is 1.90 bits per heavy atom.